The van der Waals surface area contributed by atoms with Gasteiger partial charge in [-0.1, -0.05) is 50.2 Å². The van der Waals surface area contributed by atoms with Crippen LogP contribution >= 0.6 is 0 Å². The largest absolute Gasteiger partial charge is 0.444 e. The van der Waals surface area contributed by atoms with E-state index in [0.29, 0.717) is 0 Å². The lowest BCUT2D eigenvalue weighted by molar-refractivity contribution is -0.146. The molecule has 1 aliphatic carbocycles. The Morgan fingerprint density at radius 2 is 1.41 bits per heavy atom. The van der Waals surface area contributed by atoms with Gasteiger partial charge in [0, 0.05) is 11.7 Å². The molecule has 0 radical (unpaired) electrons. The molecule has 3 rings (SSSR count). The highest BCUT2D eigenvalue weighted by molar-refractivity contribution is 6.00. The minimum Gasteiger partial charge on any atom is -0.444 e. The summed E-state index contributed by atoms with van der Waals surface area (Å²) >= 11 is 0. The van der Waals surface area contributed by atoms with Gasteiger partial charge >= 0.3 is 6.09 Å². The van der Waals surface area contributed by atoms with Crippen LogP contribution in [0.1, 0.15) is 87.7 Å². The van der Waals surface area contributed by atoms with Crippen LogP contribution in [0.15, 0.2) is 36.4 Å². The third kappa shape index (κ3) is 7.20. The normalized spacial score (nSPS) is 15.2. The van der Waals surface area contributed by atoms with Gasteiger partial charge in [0.1, 0.15) is 17.7 Å². The van der Waals surface area contributed by atoms with Crippen molar-refractivity contribution in [1.82, 2.24) is 10.2 Å². The number of amides is 3. The molecular formula is C32H45N3O4. The molecular weight excluding hydrogens is 490 g/mol. The summed E-state index contributed by atoms with van der Waals surface area (Å²) in [6.07, 6.45) is 1.95. The second-order valence-electron chi connectivity index (χ2n) is 12.2. The van der Waals surface area contributed by atoms with Crippen LogP contribution in [0, 0.1) is 33.6 Å². The Hall–Kier alpha value is -3.35. The minimum absolute atomic E-state index is 0.105. The number of nitrogens with one attached hydrogen (secondary N) is 2. The first kappa shape index (κ1) is 30.2. The molecule has 39 heavy (non-hydrogen) atoms. The first-order valence-corrected chi connectivity index (χ1v) is 14.0. The lowest BCUT2D eigenvalue weighted by Crippen LogP contribution is -2.58. The van der Waals surface area contributed by atoms with Crippen molar-refractivity contribution in [3.63, 3.8) is 0 Å². The predicted molar refractivity (Wildman–Crippen MR) is 156 cm³/mol. The number of benzene rings is 2. The number of ether oxygens (including phenoxy) is 1. The minimum atomic E-state index is -0.857. The van der Waals surface area contributed by atoms with Crippen molar-refractivity contribution in [1.29, 1.82) is 0 Å². The molecule has 2 N–H and O–H groups in total. The van der Waals surface area contributed by atoms with Gasteiger partial charge in [-0.3, -0.25) is 9.59 Å². The van der Waals surface area contributed by atoms with Gasteiger partial charge in [-0.05, 0) is 101 Å². The van der Waals surface area contributed by atoms with Crippen LogP contribution in [0.4, 0.5) is 10.5 Å². The van der Waals surface area contributed by atoms with E-state index < -0.39 is 23.8 Å². The van der Waals surface area contributed by atoms with Crippen molar-refractivity contribution >= 4 is 23.6 Å². The van der Waals surface area contributed by atoms with Gasteiger partial charge in [0.25, 0.3) is 5.91 Å². The molecule has 7 heteroatoms. The lowest BCUT2D eigenvalue weighted by atomic mass is 9.85. The van der Waals surface area contributed by atoms with E-state index in [2.05, 4.69) is 10.6 Å². The van der Waals surface area contributed by atoms with Crippen LogP contribution in [0.2, 0.25) is 0 Å². The number of para-hydroxylation sites is 1. The second-order valence-corrected chi connectivity index (χ2v) is 12.2. The molecule has 0 spiro atoms. The van der Waals surface area contributed by atoms with Crippen LogP contribution < -0.4 is 10.6 Å². The van der Waals surface area contributed by atoms with Crippen molar-refractivity contribution in [3.8, 4) is 0 Å². The van der Waals surface area contributed by atoms with E-state index in [9.17, 15) is 14.4 Å². The topological polar surface area (TPSA) is 87.7 Å². The Bertz CT molecular complexity index is 1170. The van der Waals surface area contributed by atoms with Gasteiger partial charge in [-0.15, -0.1) is 0 Å². The number of carbonyl (C=O) groups is 3. The predicted octanol–water partition coefficient (Wildman–Crippen LogP) is 6.53. The number of aryl methyl sites for hydroxylation is 4. The smallest absolute Gasteiger partial charge is 0.408 e. The summed E-state index contributed by atoms with van der Waals surface area (Å²) in [7, 11) is 0. The second kappa shape index (κ2) is 12.2. The molecule has 0 aliphatic heterocycles. The molecule has 1 saturated carbocycles. The van der Waals surface area contributed by atoms with Gasteiger partial charge in [-0.2, -0.15) is 0 Å². The van der Waals surface area contributed by atoms with E-state index in [0.717, 1.165) is 52.8 Å². The molecule has 2 aromatic rings. The van der Waals surface area contributed by atoms with Crippen molar-refractivity contribution in [2.75, 3.05) is 5.32 Å². The van der Waals surface area contributed by atoms with Gasteiger partial charge in [0.05, 0.1) is 0 Å². The van der Waals surface area contributed by atoms with Crippen molar-refractivity contribution < 1.29 is 19.1 Å². The average Bonchev–Trinajstić information content (AvgIpc) is 2.78. The van der Waals surface area contributed by atoms with E-state index >= 15 is 0 Å². The maximum absolute atomic E-state index is 14.4. The molecule has 1 aliphatic rings. The van der Waals surface area contributed by atoms with Crippen molar-refractivity contribution in [3.05, 3.63) is 64.2 Å². The first-order chi connectivity index (χ1) is 18.2. The van der Waals surface area contributed by atoms with Gasteiger partial charge in [-0.25, -0.2) is 4.79 Å². The highest BCUT2D eigenvalue weighted by atomic mass is 16.6. The average molecular weight is 536 g/mol. The molecule has 0 heterocycles. The number of nitrogens with zero attached hydrogens (tertiary/aromatic N) is 1. The lowest BCUT2D eigenvalue weighted by Gasteiger charge is -2.44. The summed E-state index contributed by atoms with van der Waals surface area (Å²) in [4.78, 5) is 43.2. The molecule has 2 atom stereocenters. The Kier molecular flexibility index (Phi) is 9.47. The molecule has 0 saturated heterocycles. The Morgan fingerprint density at radius 3 is 1.85 bits per heavy atom. The summed E-state index contributed by atoms with van der Waals surface area (Å²) in [5.74, 6) is -0.748. The number of hydrogen-bond acceptors (Lipinski definition) is 4. The monoisotopic (exact) mass is 535 g/mol. The summed E-state index contributed by atoms with van der Waals surface area (Å²) in [6, 6.07) is 10.00. The summed E-state index contributed by atoms with van der Waals surface area (Å²) in [5.41, 5.74) is 4.67. The van der Waals surface area contributed by atoms with Crippen LogP contribution in [0.3, 0.4) is 0 Å². The van der Waals surface area contributed by atoms with Gasteiger partial charge in [0.15, 0.2) is 0 Å². The maximum atomic E-state index is 14.4. The maximum Gasteiger partial charge on any atom is 0.408 e. The van der Waals surface area contributed by atoms with E-state index in [4.69, 9.17) is 4.74 Å². The van der Waals surface area contributed by atoms with Crippen molar-refractivity contribution in [2.45, 2.75) is 105 Å². The number of anilines is 1. The van der Waals surface area contributed by atoms with Crippen LogP contribution in [-0.2, 0) is 14.3 Å². The number of rotatable bonds is 8. The van der Waals surface area contributed by atoms with Crippen LogP contribution in [0.25, 0.3) is 0 Å². The molecule has 2 aromatic carbocycles. The molecule has 1 fully saturated rings. The van der Waals surface area contributed by atoms with Crippen molar-refractivity contribution in [2.24, 2.45) is 5.92 Å². The SMILES string of the molecule is Cc1cccc(C)c1NC(=O)C(c1c(C)cccc1C)N(C(=O)C(NC(=O)OC(C)(C)C)C(C)C)C1CCC1. The van der Waals surface area contributed by atoms with Crippen LogP contribution in [-0.4, -0.2) is 40.5 Å². The van der Waals surface area contributed by atoms with E-state index in [1.165, 1.54) is 0 Å². The standard InChI is InChI=1S/C32H45N3O4/c1-19(2)26(34-31(38)39-32(7,8)9)30(37)35(24-17-12-18-24)28(25-20(3)13-10-14-21(25)4)29(36)33-27-22(5)15-11-16-23(27)6/h10-11,13-16,19,24,26,28H,12,17-18H2,1-9H3,(H,33,36)(H,34,38). The molecule has 212 valence electrons. The number of hydrogen-bond donors (Lipinski definition) is 2. The molecule has 2 unspecified atom stereocenters. The van der Waals surface area contributed by atoms with E-state index in [1.807, 2.05) is 77.9 Å². The first-order valence-electron chi connectivity index (χ1n) is 14.0. The molecule has 7 nitrogen and oxygen atoms in total. The van der Waals surface area contributed by atoms with Gasteiger partial charge in [0.2, 0.25) is 5.91 Å². The van der Waals surface area contributed by atoms with E-state index in [1.54, 1.807) is 25.7 Å². The summed E-state index contributed by atoms with van der Waals surface area (Å²) < 4.78 is 5.49. The summed E-state index contributed by atoms with van der Waals surface area (Å²) in [5, 5.41) is 5.98. The third-order valence-corrected chi connectivity index (χ3v) is 7.40. The number of alkyl carbamates (subject to hydrolysis) is 1. The zero-order valence-corrected chi connectivity index (χ0v) is 25.0. The fraction of sp³-hybridized carbons (Fsp3) is 0.531. The Labute approximate surface area is 233 Å². The number of carbonyl (C=O) groups excluding carboxylic acids is 3. The van der Waals surface area contributed by atoms with Crippen LogP contribution in [0.5, 0.6) is 0 Å². The highest BCUT2D eigenvalue weighted by Gasteiger charge is 2.43. The Balaban J connectivity index is 2.10. The fourth-order valence-electron chi connectivity index (χ4n) is 5.15. The zero-order valence-electron chi connectivity index (χ0n) is 25.0. The molecule has 0 bridgehead atoms. The quantitative estimate of drug-likeness (QED) is 0.402. The zero-order chi connectivity index (χ0) is 29.1. The molecule has 3 amide bonds. The van der Waals surface area contributed by atoms with Gasteiger partial charge < -0.3 is 20.3 Å². The highest BCUT2D eigenvalue weighted by Crippen LogP contribution is 2.37. The van der Waals surface area contributed by atoms with E-state index in [-0.39, 0.29) is 23.8 Å². The molecule has 0 aromatic heterocycles. The summed E-state index contributed by atoms with van der Waals surface area (Å²) in [6.45, 7) is 17.0. The fourth-order valence-corrected chi connectivity index (χ4v) is 5.15. The Morgan fingerprint density at radius 1 is 0.897 bits per heavy atom. The third-order valence-electron chi connectivity index (χ3n) is 7.40.